The van der Waals surface area contributed by atoms with E-state index >= 15 is 0 Å². The first kappa shape index (κ1) is 19.2. The smallest absolute Gasteiger partial charge is 0.445 e. The first-order chi connectivity index (χ1) is 9.41. The van der Waals surface area contributed by atoms with E-state index in [4.69, 9.17) is 6.42 Å². The zero-order valence-corrected chi connectivity index (χ0v) is 15.5. The summed E-state index contributed by atoms with van der Waals surface area (Å²) in [5.74, 6) is 2.32. The van der Waals surface area contributed by atoms with Gasteiger partial charge in [-0.05, 0) is 18.6 Å². The molecule has 1 fully saturated rings. The van der Waals surface area contributed by atoms with Crippen LogP contribution in [0.4, 0.5) is 12.9 Å². The summed E-state index contributed by atoms with van der Waals surface area (Å²) in [5, 5.41) is 3.22. The molecule has 108 valence electrons. The van der Waals surface area contributed by atoms with Gasteiger partial charge in [0.2, 0.25) is 0 Å². The minimum Gasteiger partial charge on any atom is -0.445 e. The van der Waals surface area contributed by atoms with E-state index in [1.165, 1.54) is 6.92 Å². The van der Waals surface area contributed by atoms with Gasteiger partial charge < -0.3 is 18.3 Å². The van der Waals surface area contributed by atoms with Crippen molar-refractivity contribution in [2.75, 3.05) is 26.2 Å². The Morgan fingerprint density at radius 2 is 1.90 bits per heavy atom. The molecule has 0 aliphatic carbocycles. The average molecular weight is 320 g/mol. The molecule has 0 amide bonds. The fourth-order valence-electron chi connectivity index (χ4n) is 2.50. The average Bonchev–Trinajstić information content (AvgIpc) is 2.41. The second-order valence-corrected chi connectivity index (χ2v) is 5.09. The quantitative estimate of drug-likeness (QED) is 0.535. The topological polar surface area (TPSA) is 15.3 Å². The van der Waals surface area contributed by atoms with Gasteiger partial charge in [0.15, 0.2) is 0 Å². The van der Waals surface area contributed by atoms with Gasteiger partial charge in [-0.25, -0.2) is 0 Å². The van der Waals surface area contributed by atoms with Gasteiger partial charge in [0.1, 0.15) is 0 Å². The van der Waals surface area contributed by atoms with Crippen LogP contribution in [0.15, 0.2) is 12.1 Å². The van der Waals surface area contributed by atoms with Crippen LogP contribution in [0.5, 0.6) is 0 Å². The zero-order valence-electron chi connectivity index (χ0n) is 12.4. The number of hydrogen-bond acceptors (Lipinski definition) is 2. The minimum absolute atomic E-state index is 0. The Kier molecular flexibility index (Phi) is 7.47. The molecular formula is C14H17BF3KN2. The van der Waals surface area contributed by atoms with Crippen LogP contribution in [0, 0.1) is 19.3 Å². The summed E-state index contributed by atoms with van der Waals surface area (Å²) in [6.07, 6.45) is 5.28. The van der Waals surface area contributed by atoms with E-state index < -0.39 is 12.4 Å². The van der Waals surface area contributed by atoms with Crippen molar-refractivity contribution in [2.24, 2.45) is 0 Å². The molecule has 1 aliphatic heterocycles. The van der Waals surface area contributed by atoms with Crippen molar-refractivity contribution >= 4 is 12.4 Å². The van der Waals surface area contributed by atoms with E-state index in [1.807, 2.05) is 0 Å². The minimum atomic E-state index is -5.03. The molecule has 0 unspecified atom stereocenters. The molecule has 0 aromatic heterocycles. The SMILES string of the molecule is C#Cc1cc(CN2CCNCC2)c(C)c([B-](F)(F)F)c1.[K+]. The first-order valence-electron chi connectivity index (χ1n) is 6.65. The molecule has 1 saturated heterocycles. The normalized spacial score (nSPS) is 16.1. The fraction of sp³-hybridized carbons (Fsp3) is 0.429. The maximum Gasteiger partial charge on any atom is 1.00 e. The molecular weight excluding hydrogens is 303 g/mol. The zero-order chi connectivity index (χ0) is 14.8. The van der Waals surface area contributed by atoms with Crippen molar-refractivity contribution < 1.29 is 64.3 Å². The molecule has 1 heterocycles. The number of piperazine rings is 1. The van der Waals surface area contributed by atoms with Gasteiger partial charge in [-0.2, -0.15) is 0 Å². The second-order valence-electron chi connectivity index (χ2n) is 5.09. The van der Waals surface area contributed by atoms with Gasteiger partial charge in [-0.3, -0.25) is 4.90 Å². The molecule has 1 N–H and O–H groups in total. The van der Waals surface area contributed by atoms with Crippen molar-refractivity contribution in [1.82, 2.24) is 10.2 Å². The van der Waals surface area contributed by atoms with Crippen LogP contribution in [0.25, 0.3) is 0 Å². The van der Waals surface area contributed by atoms with Crippen LogP contribution in [0.1, 0.15) is 16.7 Å². The number of benzene rings is 1. The molecule has 2 rings (SSSR count). The standard InChI is InChI=1S/C14H17BF3N2.K/c1-3-12-8-13(10-20-6-4-19-5-7-20)11(2)14(9-12)15(16,17)18;/h1,8-9,19H,4-7,10H2,2H3;/q-1;+1. The fourth-order valence-corrected chi connectivity index (χ4v) is 2.50. The summed E-state index contributed by atoms with van der Waals surface area (Å²) in [7, 11) is 0. The van der Waals surface area contributed by atoms with E-state index in [0.717, 1.165) is 32.2 Å². The summed E-state index contributed by atoms with van der Waals surface area (Å²) in [4.78, 5) is 2.15. The van der Waals surface area contributed by atoms with Crippen molar-refractivity contribution in [3.63, 3.8) is 0 Å². The molecule has 1 aromatic carbocycles. The number of halogens is 3. The Morgan fingerprint density at radius 3 is 2.43 bits per heavy atom. The molecule has 0 spiro atoms. The molecule has 1 aromatic rings. The predicted octanol–water partition coefficient (Wildman–Crippen LogP) is -1.56. The third-order valence-corrected chi connectivity index (χ3v) is 3.68. The van der Waals surface area contributed by atoms with Gasteiger partial charge in [0.05, 0.1) is 0 Å². The number of nitrogens with one attached hydrogen (secondary N) is 1. The van der Waals surface area contributed by atoms with Crippen LogP contribution in [-0.4, -0.2) is 38.1 Å². The molecule has 0 atom stereocenters. The Labute approximate surface area is 166 Å². The Morgan fingerprint density at radius 1 is 1.29 bits per heavy atom. The van der Waals surface area contributed by atoms with Crippen molar-refractivity contribution in [3.8, 4) is 12.3 Å². The Hall–Kier alpha value is 0.191. The summed E-state index contributed by atoms with van der Waals surface area (Å²) in [6.45, 7) is 0.422. The van der Waals surface area contributed by atoms with E-state index in [9.17, 15) is 12.9 Å². The summed E-state index contributed by atoms with van der Waals surface area (Å²) < 4.78 is 39.3. The van der Waals surface area contributed by atoms with Crippen LogP contribution >= 0.6 is 0 Å². The number of nitrogens with zero attached hydrogens (tertiary/aromatic N) is 1. The van der Waals surface area contributed by atoms with Gasteiger partial charge in [0.25, 0.3) is 0 Å². The maximum atomic E-state index is 13.1. The monoisotopic (exact) mass is 320 g/mol. The first-order valence-corrected chi connectivity index (χ1v) is 6.65. The van der Waals surface area contributed by atoms with Crippen molar-refractivity contribution in [2.45, 2.75) is 13.5 Å². The van der Waals surface area contributed by atoms with Crippen LogP contribution in [-0.2, 0) is 6.54 Å². The van der Waals surface area contributed by atoms with Gasteiger partial charge in [-0.15, -0.1) is 11.9 Å². The van der Waals surface area contributed by atoms with Gasteiger partial charge >= 0.3 is 58.4 Å². The third kappa shape index (κ3) is 5.10. The van der Waals surface area contributed by atoms with Gasteiger partial charge in [-0.1, -0.05) is 17.6 Å². The molecule has 2 nitrogen and oxygen atoms in total. The third-order valence-electron chi connectivity index (χ3n) is 3.68. The number of rotatable bonds is 3. The van der Waals surface area contributed by atoms with E-state index in [0.29, 0.717) is 23.2 Å². The van der Waals surface area contributed by atoms with Gasteiger partial charge in [0, 0.05) is 38.3 Å². The molecule has 21 heavy (non-hydrogen) atoms. The number of terminal acetylenes is 1. The molecule has 0 saturated carbocycles. The largest absolute Gasteiger partial charge is 1.00 e. The Bertz CT molecular complexity index is 534. The predicted molar refractivity (Wildman–Crippen MR) is 76.0 cm³/mol. The van der Waals surface area contributed by atoms with Crippen LogP contribution in [0.3, 0.4) is 0 Å². The van der Waals surface area contributed by atoms with E-state index in [2.05, 4.69) is 16.1 Å². The van der Waals surface area contributed by atoms with Crippen LogP contribution in [0.2, 0.25) is 0 Å². The van der Waals surface area contributed by atoms with Crippen molar-refractivity contribution in [3.05, 3.63) is 28.8 Å². The van der Waals surface area contributed by atoms with Crippen molar-refractivity contribution in [1.29, 1.82) is 0 Å². The second kappa shape index (κ2) is 8.16. The molecule has 0 radical (unpaired) electrons. The number of hydrogen-bond donors (Lipinski definition) is 1. The van der Waals surface area contributed by atoms with E-state index in [-0.39, 0.29) is 51.4 Å². The summed E-state index contributed by atoms with van der Waals surface area (Å²) >= 11 is 0. The Balaban J connectivity index is 0.00000220. The molecule has 0 bridgehead atoms. The summed E-state index contributed by atoms with van der Waals surface area (Å²) in [5.41, 5.74) is 0.715. The maximum absolute atomic E-state index is 13.1. The van der Waals surface area contributed by atoms with Crippen LogP contribution < -0.4 is 62.2 Å². The molecule has 1 aliphatic rings. The van der Waals surface area contributed by atoms with E-state index in [1.54, 1.807) is 6.07 Å². The molecule has 7 heteroatoms. The summed E-state index contributed by atoms with van der Waals surface area (Å²) in [6, 6.07) is 2.78.